The number of ether oxygens (including phenoxy) is 2. The van der Waals surface area contributed by atoms with Crippen LogP contribution in [0.4, 0.5) is 5.69 Å². The van der Waals surface area contributed by atoms with Gasteiger partial charge in [0.2, 0.25) is 6.29 Å². The van der Waals surface area contributed by atoms with E-state index in [9.17, 15) is 29.8 Å². The number of nitrogens with one attached hydrogen (secondary N) is 1. The average molecular weight is 490 g/mol. The third-order valence-electron chi connectivity index (χ3n) is 4.29. The van der Waals surface area contributed by atoms with Gasteiger partial charge < -0.3 is 35.2 Å². The molecule has 0 bridgehead atoms. The van der Waals surface area contributed by atoms with Crippen LogP contribution in [0.1, 0.15) is 47.1 Å². The summed E-state index contributed by atoms with van der Waals surface area (Å²) < 4.78 is 33.4. The van der Waals surface area contributed by atoms with Gasteiger partial charge in [-0.15, -0.1) is 9.05 Å². The minimum atomic E-state index is -2.34. The summed E-state index contributed by atoms with van der Waals surface area (Å²) in [6.45, 7) is 11.0. The molecular formula is C21H33NO10P+. The lowest BCUT2D eigenvalue weighted by Gasteiger charge is -2.38. The summed E-state index contributed by atoms with van der Waals surface area (Å²) in [6, 6.07) is 4.84. The minimum absolute atomic E-state index is 0.0149. The molecular weight excluding hydrogens is 457 g/mol. The Hall–Kier alpha value is -1.85. The summed E-state index contributed by atoms with van der Waals surface area (Å²) in [6.07, 6.45) is -8.63. The second-order valence-corrected chi connectivity index (χ2v) is 10.6. The fourth-order valence-electron chi connectivity index (χ4n) is 2.92. The third kappa shape index (κ3) is 8.15. The van der Waals surface area contributed by atoms with E-state index in [-0.39, 0.29) is 12.4 Å². The fraction of sp³-hybridized carbons (Fsp3) is 0.667. The number of anilines is 1. The van der Waals surface area contributed by atoms with E-state index in [2.05, 4.69) is 5.32 Å². The molecule has 1 aliphatic heterocycles. The number of hydrogen-bond acceptors (Lipinski definition) is 10. The molecule has 1 fully saturated rings. The second-order valence-electron chi connectivity index (χ2n) is 9.76. The summed E-state index contributed by atoms with van der Waals surface area (Å²) in [5, 5.41) is 42.6. The Morgan fingerprint density at radius 2 is 1.73 bits per heavy atom. The van der Waals surface area contributed by atoms with E-state index in [1.165, 1.54) is 6.07 Å². The van der Waals surface area contributed by atoms with Gasteiger partial charge in [0.1, 0.15) is 36.3 Å². The van der Waals surface area contributed by atoms with E-state index >= 15 is 0 Å². The normalized spacial score (nSPS) is 26.6. The van der Waals surface area contributed by atoms with Crippen LogP contribution >= 0.6 is 8.25 Å². The Morgan fingerprint density at radius 3 is 2.27 bits per heavy atom. The maximum absolute atomic E-state index is 12.0. The molecule has 12 heteroatoms. The first-order chi connectivity index (χ1) is 15.1. The van der Waals surface area contributed by atoms with Crippen molar-refractivity contribution in [2.45, 2.75) is 90.0 Å². The number of rotatable bonds is 8. The summed E-state index contributed by atoms with van der Waals surface area (Å²) in [4.78, 5) is 11.3. The third-order valence-corrected chi connectivity index (χ3v) is 5.33. The molecule has 33 heavy (non-hydrogen) atoms. The first-order valence-corrected chi connectivity index (χ1v) is 11.5. The second kappa shape index (κ2) is 10.6. The molecule has 1 saturated heterocycles. The first-order valence-electron chi connectivity index (χ1n) is 10.4. The fourth-order valence-corrected chi connectivity index (χ4v) is 3.68. The van der Waals surface area contributed by atoms with Crippen molar-refractivity contribution in [1.82, 2.24) is 0 Å². The van der Waals surface area contributed by atoms with Crippen molar-refractivity contribution in [3.05, 3.63) is 23.8 Å². The summed E-state index contributed by atoms with van der Waals surface area (Å²) in [5.74, 6) is -1.31. The van der Waals surface area contributed by atoms with Gasteiger partial charge in [-0.1, -0.05) is 6.07 Å². The van der Waals surface area contributed by atoms with E-state index in [0.29, 0.717) is 11.3 Å². The zero-order chi connectivity index (χ0) is 25.1. The van der Waals surface area contributed by atoms with Crippen LogP contribution in [0.5, 0.6) is 5.75 Å². The van der Waals surface area contributed by atoms with Crippen LogP contribution in [0.3, 0.4) is 0 Å². The molecule has 1 aliphatic rings. The van der Waals surface area contributed by atoms with E-state index in [0.717, 1.165) is 0 Å². The molecule has 6 unspecified atom stereocenters. The molecule has 2 rings (SSSR count). The van der Waals surface area contributed by atoms with Gasteiger partial charge in [-0.2, -0.15) is 0 Å². The number of carboxylic acid groups (broad SMARTS) is 1. The minimum Gasteiger partial charge on any atom is -0.479 e. The summed E-state index contributed by atoms with van der Waals surface area (Å²) >= 11 is 0. The van der Waals surface area contributed by atoms with Crippen molar-refractivity contribution in [3.63, 3.8) is 0 Å². The number of aliphatic hydroxyl groups is 3. The maximum Gasteiger partial charge on any atom is 0.698 e. The van der Waals surface area contributed by atoms with Crippen LogP contribution in [-0.2, 0) is 29.8 Å². The highest BCUT2D eigenvalue weighted by molar-refractivity contribution is 7.33. The van der Waals surface area contributed by atoms with E-state index in [4.69, 9.17) is 18.5 Å². The van der Waals surface area contributed by atoms with E-state index in [1.54, 1.807) is 32.9 Å². The monoisotopic (exact) mass is 490 g/mol. The van der Waals surface area contributed by atoms with Crippen LogP contribution in [0.2, 0.25) is 0 Å². The predicted octanol–water partition coefficient (Wildman–Crippen LogP) is 2.16. The maximum atomic E-state index is 12.0. The quantitative estimate of drug-likeness (QED) is 0.339. The Balaban J connectivity index is 2.23. The van der Waals surface area contributed by atoms with Gasteiger partial charge in [-0.05, 0) is 59.2 Å². The number of aliphatic carboxylic acids is 1. The van der Waals surface area contributed by atoms with Gasteiger partial charge in [0.25, 0.3) is 0 Å². The van der Waals surface area contributed by atoms with Gasteiger partial charge in [0.05, 0.1) is 5.69 Å². The Morgan fingerprint density at radius 1 is 1.09 bits per heavy atom. The predicted molar refractivity (Wildman–Crippen MR) is 118 cm³/mol. The number of carboxylic acids is 1. The lowest BCUT2D eigenvalue weighted by atomic mass is 9.99. The van der Waals surface area contributed by atoms with Gasteiger partial charge in [-0.3, -0.25) is 0 Å². The van der Waals surface area contributed by atoms with E-state index < -0.39 is 56.1 Å². The molecule has 6 atom stereocenters. The van der Waals surface area contributed by atoms with Crippen LogP contribution in [0.25, 0.3) is 0 Å². The highest BCUT2D eigenvalue weighted by Crippen LogP contribution is 2.35. The number of aliphatic hydroxyl groups excluding tert-OH is 3. The molecule has 186 valence electrons. The molecule has 0 amide bonds. The molecule has 0 spiro atoms. The molecule has 0 aliphatic carbocycles. The highest BCUT2D eigenvalue weighted by Gasteiger charge is 2.48. The molecule has 0 aromatic heterocycles. The zero-order valence-electron chi connectivity index (χ0n) is 19.5. The molecule has 1 aromatic rings. The Kier molecular flexibility index (Phi) is 8.80. The van der Waals surface area contributed by atoms with Crippen molar-refractivity contribution in [3.8, 4) is 5.75 Å². The first kappa shape index (κ1) is 27.4. The van der Waals surface area contributed by atoms with Gasteiger partial charge >= 0.3 is 14.2 Å². The molecule has 5 N–H and O–H groups in total. The number of carbonyl (C=O) groups is 1. The highest BCUT2D eigenvalue weighted by atomic mass is 31.1. The zero-order valence-corrected chi connectivity index (χ0v) is 20.4. The van der Waals surface area contributed by atoms with E-state index in [1.807, 2.05) is 20.8 Å². The van der Waals surface area contributed by atoms with Crippen molar-refractivity contribution in [1.29, 1.82) is 0 Å². The molecule has 0 radical (unpaired) electrons. The summed E-state index contributed by atoms with van der Waals surface area (Å²) in [7, 11) is -2.34. The standard InChI is InChI=1S/C21H32NO10P/c1-20(2,3)22-12-9-11(10-29-33(28)32-21(4,5)6)7-8-13(12)30-19-16(25)14(23)15(24)17(31-19)18(26)27/h7-9,14-17,19,22-25H,10H2,1-6H3/p+1. The number of benzene rings is 1. The molecule has 1 heterocycles. The van der Waals surface area contributed by atoms with Gasteiger partial charge in [0, 0.05) is 10.1 Å². The van der Waals surface area contributed by atoms with Gasteiger partial charge in [0.15, 0.2) is 6.10 Å². The lowest BCUT2D eigenvalue weighted by Crippen LogP contribution is -2.61. The molecule has 0 saturated carbocycles. The van der Waals surface area contributed by atoms with Crippen LogP contribution in [0, 0.1) is 0 Å². The van der Waals surface area contributed by atoms with Crippen molar-refractivity contribution < 1.29 is 48.3 Å². The molecule has 1 aromatic carbocycles. The van der Waals surface area contributed by atoms with Crippen LogP contribution < -0.4 is 10.1 Å². The van der Waals surface area contributed by atoms with Gasteiger partial charge in [-0.25, -0.2) is 4.79 Å². The average Bonchev–Trinajstić information content (AvgIpc) is 2.65. The van der Waals surface area contributed by atoms with Crippen LogP contribution in [-0.4, -0.2) is 68.2 Å². The largest absolute Gasteiger partial charge is 0.698 e. The lowest BCUT2D eigenvalue weighted by molar-refractivity contribution is -0.271. The molecule has 11 nitrogen and oxygen atoms in total. The Bertz CT molecular complexity index is 850. The van der Waals surface area contributed by atoms with Crippen LogP contribution in [0.15, 0.2) is 18.2 Å². The Labute approximate surface area is 193 Å². The van der Waals surface area contributed by atoms with Crippen molar-refractivity contribution in [2.24, 2.45) is 0 Å². The number of hydrogen-bond donors (Lipinski definition) is 5. The van der Waals surface area contributed by atoms with Crippen molar-refractivity contribution >= 4 is 19.9 Å². The topological polar surface area (TPSA) is 164 Å². The smallest absolute Gasteiger partial charge is 0.479 e. The summed E-state index contributed by atoms with van der Waals surface area (Å²) in [5.41, 5.74) is 0.0538. The van der Waals surface area contributed by atoms with Crippen molar-refractivity contribution in [2.75, 3.05) is 5.32 Å². The SMILES string of the molecule is CC(C)(C)Nc1cc(CO[P+](=O)OC(C)(C)C)ccc1OC1OC(C(=O)O)C(O)C(O)C1O.